The summed E-state index contributed by atoms with van der Waals surface area (Å²) in [6, 6.07) is 47.2. The Bertz CT molecular complexity index is 3120. The molecule has 0 aliphatic heterocycles. The van der Waals surface area contributed by atoms with Gasteiger partial charge in [0, 0.05) is 27.5 Å². The van der Waals surface area contributed by atoms with E-state index in [1.807, 2.05) is 30.3 Å². The van der Waals surface area contributed by atoms with Crippen molar-refractivity contribution in [3.8, 4) is 45.3 Å². The van der Waals surface area contributed by atoms with E-state index in [1.54, 1.807) is 0 Å². The fourth-order valence-electron chi connectivity index (χ4n) is 8.44. The third kappa shape index (κ3) is 4.95. The first-order valence-corrected chi connectivity index (χ1v) is 18.5. The van der Waals surface area contributed by atoms with Crippen molar-refractivity contribution in [2.45, 2.75) is 0 Å². The molecule has 9 heteroatoms. The lowest BCUT2D eigenvalue weighted by Gasteiger charge is -2.20. The molecule has 8 aromatic carbocycles. The maximum atomic E-state index is 6.52. The van der Waals surface area contributed by atoms with E-state index < -0.39 is 0 Å². The summed E-state index contributed by atoms with van der Waals surface area (Å²) in [6.45, 7) is 0. The Kier molecular flexibility index (Phi) is 7.42. The van der Waals surface area contributed by atoms with Gasteiger partial charge in [0.05, 0.1) is 0 Å². The minimum atomic E-state index is 0.622. The molecule has 0 fully saturated rings. The summed E-state index contributed by atoms with van der Waals surface area (Å²) in [7, 11) is 10.9. The molecule has 0 unspecified atom stereocenters. The number of rotatable bonds is 4. The van der Waals surface area contributed by atoms with Gasteiger partial charge in [0.15, 0.2) is 17.5 Å². The van der Waals surface area contributed by atoms with E-state index in [1.165, 1.54) is 59.6 Å². The quantitative estimate of drug-likeness (QED) is 0.211. The van der Waals surface area contributed by atoms with Crippen molar-refractivity contribution in [2.24, 2.45) is 0 Å². The van der Waals surface area contributed by atoms with Gasteiger partial charge in [-0.3, -0.25) is 0 Å². The highest BCUT2D eigenvalue weighted by Crippen LogP contribution is 2.40. The van der Waals surface area contributed by atoms with Crippen molar-refractivity contribution in [3.05, 3.63) is 133 Å². The Hall–Kier alpha value is -6.33. The van der Waals surface area contributed by atoms with Gasteiger partial charge in [0.25, 0.3) is 0 Å². The highest BCUT2D eigenvalue weighted by molar-refractivity contribution is 6.68. The summed E-state index contributed by atoms with van der Waals surface area (Å²) in [5.74, 6) is 1.95. The molecule has 0 saturated heterocycles. The van der Waals surface area contributed by atoms with Gasteiger partial charge in [-0.15, -0.1) is 16.4 Å². The largest absolute Gasteiger partial charge is 0.456 e. The maximum absolute atomic E-state index is 6.52. The van der Waals surface area contributed by atoms with Crippen LogP contribution in [0, 0.1) is 0 Å². The molecule has 0 N–H and O–H groups in total. The highest BCUT2D eigenvalue weighted by atomic mass is 16.3. The monoisotopic (exact) mass is 685 g/mol. The van der Waals surface area contributed by atoms with Crippen molar-refractivity contribution >= 4 is 121 Å². The number of nitrogens with zero attached hydrogens (tertiary/aromatic N) is 3. The second-order valence-electron chi connectivity index (χ2n) is 14.5. The number of aromatic nitrogens is 3. The zero-order chi connectivity index (χ0) is 36.7. The van der Waals surface area contributed by atoms with E-state index in [0.717, 1.165) is 49.8 Å². The van der Waals surface area contributed by atoms with Crippen LogP contribution in [0.4, 0.5) is 0 Å². The molecule has 0 saturated carbocycles. The molecule has 0 aliphatic carbocycles. The number of hydrogen-bond donors (Lipinski definition) is 0. The molecule has 2 heterocycles. The minimum absolute atomic E-state index is 0.622. The number of hydrogen-bond acceptors (Lipinski definition) is 4. The third-order valence-electron chi connectivity index (χ3n) is 11.7. The summed E-state index contributed by atoms with van der Waals surface area (Å²) in [5.41, 5.74) is 13.1. The highest BCUT2D eigenvalue weighted by Gasteiger charge is 2.21. The Morgan fingerprint density at radius 1 is 0.352 bits per heavy atom. The zero-order valence-electron chi connectivity index (χ0n) is 31.0. The van der Waals surface area contributed by atoms with Crippen molar-refractivity contribution in [2.75, 3.05) is 0 Å². The lowest BCUT2D eigenvalue weighted by Crippen LogP contribution is -2.55. The second kappa shape index (κ2) is 12.4. The molecule has 0 amide bonds. The molecular weight excluding hydrogens is 653 g/mol. The summed E-state index contributed by atoms with van der Waals surface area (Å²) >= 11 is 0. The van der Waals surface area contributed by atoms with Gasteiger partial charge in [-0.2, -0.15) is 0 Å². The lowest BCUT2D eigenvalue weighted by atomic mass is 9.60. The van der Waals surface area contributed by atoms with Gasteiger partial charge in [-0.25, -0.2) is 15.0 Å². The second-order valence-corrected chi connectivity index (χ2v) is 14.5. The maximum Gasteiger partial charge on any atom is 0.164 e. The van der Waals surface area contributed by atoms with E-state index in [-0.39, 0.29) is 0 Å². The predicted octanol–water partition coefficient (Wildman–Crippen LogP) is 3.19. The Labute approximate surface area is 317 Å². The Morgan fingerprint density at radius 2 is 0.870 bits per heavy atom. The summed E-state index contributed by atoms with van der Waals surface area (Å²) in [6.07, 6.45) is 0. The van der Waals surface area contributed by atoms with Crippen LogP contribution in [0.15, 0.2) is 138 Å². The van der Waals surface area contributed by atoms with E-state index >= 15 is 0 Å². The van der Waals surface area contributed by atoms with Crippen molar-refractivity contribution < 1.29 is 4.42 Å². The van der Waals surface area contributed by atoms with Crippen LogP contribution >= 0.6 is 0 Å². The molecular formula is C45H32B5N3O. The molecule has 4 nitrogen and oxygen atoms in total. The molecule has 0 bridgehead atoms. The SMILES string of the molecule is Bc1c(B)c(B)c(-c2nc(-c3ccccc3)nc(-c3cccc4oc5ccc(-c6ccc7c8ccccc8c8ccccc8c7c6)cc5c34)n2)c(B)c1B. The van der Waals surface area contributed by atoms with Gasteiger partial charge in [-0.1, -0.05) is 120 Å². The third-order valence-corrected chi connectivity index (χ3v) is 11.7. The first-order chi connectivity index (χ1) is 26.4. The van der Waals surface area contributed by atoms with Crippen molar-refractivity contribution in [3.63, 3.8) is 0 Å². The predicted molar refractivity (Wildman–Crippen MR) is 242 cm³/mol. The van der Waals surface area contributed by atoms with Crippen LogP contribution in [0.25, 0.3) is 99.5 Å². The fraction of sp³-hybridized carbons (Fsp3) is 0. The van der Waals surface area contributed by atoms with Gasteiger partial charge in [0.1, 0.15) is 50.4 Å². The Balaban J connectivity index is 1.20. The zero-order valence-corrected chi connectivity index (χ0v) is 31.0. The van der Waals surface area contributed by atoms with Gasteiger partial charge in [0.2, 0.25) is 0 Å². The first kappa shape index (κ1) is 32.3. The lowest BCUT2D eigenvalue weighted by molar-refractivity contribution is 0.669. The van der Waals surface area contributed by atoms with Crippen LogP contribution in [0.5, 0.6) is 0 Å². The summed E-state index contributed by atoms with van der Waals surface area (Å²) in [5, 5.41) is 9.61. The van der Waals surface area contributed by atoms with Crippen LogP contribution in [-0.4, -0.2) is 54.2 Å². The van der Waals surface area contributed by atoms with E-state index in [2.05, 4.69) is 142 Å². The summed E-state index contributed by atoms with van der Waals surface area (Å²) in [4.78, 5) is 15.6. The van der Waals surface area contributed by atoms with Crippen molar-refractivity contribution in [1.82, 2.24) is 15.0 Å². The molecule has 0 aliphatic rings. The average molecular weight is 685 g/mol. The topological polar surface area (TPSA) is 51.8 Å². The molecule has 54 heavy (non-hydrogen) atoms. The van der Waals surface area contributed by atoms with Crippen LogP contribution in [0.3, 0.4) is 0 Å². The number of benzene rings is 8. The molecule has 10 rings (SSSR count). The van der Waals surface area contributed by atoms with Crippen LogP contribution in [-0.2, 0) is 0 Å². The van der Waals surface area contributed by atoms with E-state index in [0.29, 0.717) is 17.5 Å². The molecule has 0 atom stereocenters. The standard InChI is InChI=1S/C45H32B5N3O/c46-38-37(39(47)41(49)42(50)40(38)48)45-52-43(23-9-2-1-3-10-23)51-44(53-45)31-15-8-16-35-36(31)33-22-25(18-20-34(33)54-35)24-17-19-30-28-13-5-4-11-26(28)27-12-6-7-14-29(27)32(30)21-24/h1-22H,46-50H2. The summed E-state index contributed by atoms with van der Waals surface area (Å²) < 4.78 is 6.52. The molecule has 248 valence electrons. The molecule has 2 aromatic heterocycles. The molecule has 10 aromatic rings. The van der Waals surface area contributed by atoms with Crippen LogP contribution < -0.4 is 27.3 Å². The van der Waals surface area contributed by atoms with Gasteiger partial charge < -0.3 is 4.42 Å². The first-order valence-electron chi connectivity index (χ1n) is 18.5. The smallest absolute Gasteiger partial charge is 0.164 e. The molecule has 0 radical (unpaired) electrons. The van der Waals surface area contributed by atoms with Gasteiger partial charge in [-0.05, 0) is 67.7 Å². The van der Waals surface area contributed by atoms with Crippen LogP contribution in [0.1, 0.15) is 0 Å². The Morgan fingerprint density at radius 3 is 1.54 bits per heavy atom. The van der Waals surface area contributed by atoms with Crippen LogP contribution in [0.2, 0.25) is 0 Å². The minimum Gasteiger partial charge on any atom is -0.456 e. The fourth-order valence-corrected chi connectivity index (χ4v) is 8.44. The molecule has 0 spiro atoms. The number of furan rings is 1. The number of fused-ring (bicyclic) bond motifs is 9. The van der Waals surface area contributed by atoms with E-state index in [9.17, 15) is 0 Å². The van der Waals surface area contributed by atoms with E-state index in [4.69, 9.17) is 19.4 Å². The normalized spacial score (nSPS) is 11.7. The van der Waals surface area contributed by atoms with Crippen molar-refractivity contribution in [1.29, 1.82) is 0 Å². The average Bonchev–Trinajstić information content (AvgIpc) is 3.61. The van der Waals surface area contributed by atoms with Gasteiger partial charge >= 0.3 is 0 Å².